The van der Waals surface area contributed by atoms with Crippen LogP contribution in [0.1, 0.15) is 10.4 Å². The van der Waals surface area contributed by atoms with Gasteiger partial charge in [-0.15, -0.1) is 0 Å². The summed E-state index contributed by atoms with van der Waals surface area (Å²) in [6.45, 7) is -0.679. The molecule has 0 aliphatic carbocycles. The molecule has 2 nitrogen and oxygen atoms in total. The van der Waals surface area contributed by atoms with Crippen molar-refractivity contribution in [3.8, 4) is 0 Å². The Balaban J connectivity index is 2.77. The number of nitrogens with one attached hydrogen (secondary N) is 1. The van der Waals surface area contributed by atoms with Gasteiger partial charge in [0, 0.05) is 4.47 Å². The van der Waals surface area contributed by atoms with E-state index in [1.54, 1.807) is 6.07 Å². The number of halogens is 4. The van der Waals surface area contributed by atoms with Crippen LogP contribution in [-0.4, -0.2) is 18.9 Å². The summed E-state index contributed by atoms with van der Waals surface area (Å²) in [5.74, 6) is -0.610. The Morgan fingerprint density at radius 1 is 1.53 bits per heavy atom. The van der Waals surface area contributed by atoms with Crippen molar-refractivity contribution >= 4 is 33.4 Å². The van der Waals surface area contributed by atoms with Gasteiger partial charge in [0.15, 0.2) is 0 Å². The van der Waals surface area contributed by atoms with Crippen LogP contribution in [0.5, 0.6) is 0 Å². The molecular formula is C9H7BrClF2NO. The van der Waals surface area contributed by atoms with Crippen LogP contribution in [0.25, 0.3) is 0 Å². The van der Waals surface area contributed by atoms with Crippen molar-refractivity contribution in [1.82, 2.24) is 5.32 Å². The second kappa shape index (κ2) is 5.42. The average molecular weight is 299 g/mol. The van der Waals surface area contributed by atoms with Gasteiger partial charge in [0.2, 0.25) is 0 Å². The smallest absolute Gasteiger partial charge is 0.255 e. The third-order valence-electron chi connectivity index (χ3n) is 1.59. The first kappa shape index (κ1) is 12.4. The molecule has 82 valence electrons. The van der Waals surface area contributed by atoms with Gasteiger partial charge in [-0.3, -0.25) is 4.79 Å². The van der Waals surface area contributed by atoms with Crippen LogP contribution in [-0.2, 0) is 0 Å². The molecule has 1 aromatic rings. The van der Waals surface area contributed by atoms with E-state index in [0.717, 1.165) is 0 Å². The monoisotopic (exact) mass is 297 g/mol. The Hall–Kier alpha value is -0.680. The summed E-state index contributed by atoms with van der Waals surface area (Å²) in [5, 5.41) is 2.30. The molecule has 0 atom stereocenters. The first-order chi connectivity index (χ1) is 7.00. The molecule has 6 heteroatoms. The largest absolute Gasteiger partial charge is 0.346 e. The van der Waals surface area contributed by atoms with Gasteiger partial charge in [0.25, 0.3) is 12.3 Å². The molecule has 0 radical (unpaired) electrons. The highest BCUT2D eigenvalue weighted by molar-refractivity contribution is 9.10. The van der Waals surface area contributed by atoms with Crippen LogP contribution < -0.4 is 5.32 Å². The molecule has 0 unspecified atom stereocenters. The van der Waals surface area contributed by atoms with Gasteiger partial charge in [0.1, 0.15) is 0 Å². The topological polar surface area (TPSA) is 29.1 Å². The number of hydrogen-bond donors (Lipinski definition) is 1. The third-order valence-corrected chi connectivity index (χ3v) is 2.41. The normalized spacial score (nSPS) is 10.5. The van der Waals surface area contributed by atoms with Crippen LogP contribution in [0.15, 0.2) is 22.7 Å². The molecule has 0 saturated carbocycles. The lowest BCUT2D eigenvalue weighted by atomic mass is 10.2. The fraction of sp³-hybridized carbons (Fsp3) is 0.222. The van der Waals surface area contributed by atoms with Crippen molar-refractivity contribution in [1.29, 1.82) is 0 Å². The van der Waals surface area contributed by atoms with Crippen molar-refractivity contribution in [2.24, 2.45) is 0 Å². The first-order valence-corrected chi connectivity index (χ1v) is 5.19. The van der Waals surface area contributed by atoms with Crippen LogP contribution in [0, 0.1) is 0 Å². The van der Waals surface area contributed by atoms with E-state index in [2.05, 4.69) is 21.2 Å². The molecule has 1 aromatic carbocycles. The maximum atomic E-state index is 11.8. The van der Waals surface area contributed by atoms with Gasteiger partial charge in [-0.2, -0.15) is 0 Å². The molecule has 0 aromatic heterocycles. The standard InChI is InChI=1S/C9H7BrClF2NO/c10-5-1-2-7(11)6(3-5)9(15)14-4-8(12)13/h1-3,8H,4H2,(H,14,15). The minimum absolute atomic E-state index is 0.173. The summed E-state index contributed by atoms with van der Waals surface area (Å²) in [7, 11) is 0. The van der Waals surface area contributed by atoms with Crippen molar-refractivity contribution in [2.75, 3.05) is 6.54 Å². The highest BCUT2D eigenvalue weighted by Crippen LogP contribution is 2.20. The maximum Gasteiger partial charge on any atom is 0.255 e. The van der Waals surface area contributed by atoms with E-state index in [1.807, 2.05) is 0 Å². The molecule has 0 saturated heterocycles. The predicted octanol–water partition coefficient (Wildman–Crippen LogP) is 3.10. The summed E-state index contributed by atoms with van der Waals surface area (Å²) < 4.78 is 24.3. The van der Waals surface area contributed by atoms with Crippen molar-refractivity contribution < 1.29 is 13.6 Å². The zero-order chi connectivity index (χ0) is 11.4. The number of hydrogen-bond acceptors (Lipinski definition) is 1. The van der Waals surface area contributed by atoms with Gasteiger partial charge in [-0.05, 0) is 18.2 Å². The van der Waals surface area contributed by atoms with Crippen molar-refractivity contribution in [3.05, 3.63) is 33.3 Å². The van der Waals surface area contributed by atoms with Crippen molar-refractivity contribution in [2.45, 2.75) is 6.43 Å². The van der Waals surface area contributed by atoms with E-state index < -0.39 is 18.9 Å². The van der Waals surface area contributed by atoms with Crippen LogP contribution in [0.4, 0.5) is 8.78 Å². The lowest BCUT2D eigenvalue weighted by molar-refractivity contribution is 0.0892. The van der Waals surface area contributed by atoms with Crippen LogP contribution in [0.3, 0.4) is 0 Å². The zero-order valence-electron chi connectivity index (χ0n) is 7.44. The predicted molar refractivity (Wildman–Crippen MR) is 57.5 cm³/mol. The average Bonchev–Trinajstić information content (AvgIpc) is 2.18. The fourth-order valence-corrected chi connectivity index (χ4v) is 1.50. The highest BCUT2D eigenvalue weighted by atomic mass is 79.9. The van der Waals surface area contributed by atoms with Gasteiger partial charge in [0.05, 0.1) is 17.1 Å². The molecule has 0 aliphatic rings. The number of amides is 1. The molecule has 0 spiro atoms. The Labute approximate surface area is 98.7 Å². The number of rotatable bonds is 3. The fourth-order valence-electron chi connectivity index (χ4n) is 0.937. The van der Waals surface area contributed by atoms with E-state index in [9.17, 15) is 13.6 Å². The number of benzene rings is 1. The molecule has 1 N–H and O–H groups in total. The summed E-state index contributed by atoms with van der Waals surface area (Å²) in [6.07, 6.45) is -2.57. The van der Waals surface area contributed by atoms with E-state index in [0.29, 0.717) is 4.47 Å². The minimum Gasteiger partial charge on any atom is -0.346 e. The van der Waals surface area contributed by atoms with Gasteiger partial charge < -0.3 is 5.32 Å². The van der Waals surface area contributed by atoms with E-state index in [-0.39, 0.29) is 10.6 Å². The molecule has 0 fully saturated rings. The molecule has 15 heavy (non-hydrogen) atoms. The summed E-state index contributed by atoms with van der Waals surface area (Å²) in [4.78, 5) is 11.4. The van der Waals surface area contributed by atoms with Crippen molar-refractivity contribution in [3.63, 3.8) is 0 Å². The second-order valence-electron chi connectivity index (χ2n) is 2.73. The number of carbonyl (C=O) groups is 1. The minimum atomic E-state index is -2.57. The molecular weight excluding hydrogens is 291 g/mol. The Bertz CT molecular complexity index is 373. The van der Waals surface area contributed by atoms with E-state index in [1.165, 1.54) is 12.1 Å². The summed E-state index contributed by atoms with van der Waals surface area (Å²) >= 11 is 8.90. The quantitative estimate of drug-likeness (QED) is 0.913. The lowest BCUT2D eigenvalue weighted by Crippen LogP contribution is -2.28. The number of carbonyl (C=O) groups excluding carboxylic acids is 1. The first-order valence-electron chi connectivity index (χ1n) is 4.02. The highest BCUT2D eigenvalue weighted by Gasteiger charge is 2.12. The Kier molecular flexibility index (Phi) is 4.47. The van der Waals surface area contributed by atoms with Gasteiger partial charge >= 0.3 is 0 Å². The van der Waals surface area contributed by atoms with Crippen LogP contribution >= 0.6 is 27.5 Å². The Morgan fingerprint density at radius 3 is 2.80 bits per heavy atom. The molecule has 1 rings (SSSR count). The van der Waals surface area contributed by atoms with E-state index >= 15 is 0 Å². The van der Waals surface area contributed by atoms with Crippen LogP contribution in [0.2, 0.25) is 5.02 Å². The van der Waals surface area contributed by atoms with Gasteiger partial charge in [-0.1, -0.05) is 27.5 Å². The molecule has 1 amide bonds. The van der Waals surface area contributed by atoms with E-state index in [4.69, 9.17) is 11.6 Å². The Morgan fingerprint density at radius 2 is 2.20 bits per heavy atom. The summed E-state index contributed by atoms with van der Waals surface area (Å²) in [6, 6.07) is 4.65. The number of alkyl halides is 2. The lowest BCUT2D eigenvalue weighted by Gasteiger charge is -2.06. The van der Waals surface area contributed by atoms with Gasteiger partial charge in [-0.25, -0.2) is 8.78 Å². The zero-order valence-corrected chi connectivity index (χ0v) is 9.78. The molecule has 0 bridgehead atoms. The third kappa shape index (κ3) is 3.76. The molecule has 0 aliphatic heterocycles. The summed E-state index contributed by atoms with van der Waals surface area (Å²) in [5.41, 5.74) is 0.173. The molecule has 0 heterocycles. The maximum absolute atomic E-state index is 11.8. The SMILES string of the molecule is O=C(NCC(F)F)c1cc(Br)ccc1Cl. The second-order valence-corrected chi connectivity index (χ2v) is 4.05.